The molecule has 2 rings (SSSR count). The Labute approximate surface area is 168 Å². The number of hydrogen-bond donors (Lipinski definition) is 0. The third kappa shape index (κ3) is 6.16. The van der Waals surface area contributed by atoms with Crippen LogP contribution in [0.4, 0.5) is 4.39 Å². The van der Waals surface area contributed by atoms with E-state index in [2.05, 4.69) is 6.92 Å². The lowest BCUT2D eigenvalue weighted by atomic mass is 9.93. The maximum absolute atomic E-state index is 14.5. The van der Waals surface area contributed by atoms with Gasteiger partial charge in [-0.25, -0.2) is 4.39 Å². The van der Waals surface area contributed by atoms with Crippen molar-refractivity contribution < 1.29 is 13.9 Å². The van der Waals surface area contributed by atoms with Gasteiger partial charge in [-0.1, -0.05) is 44.0 Å². The number of hydrogen-bond acceptors (Lipinski definition) is 3. The highest BCUT2D eigenvalue weighted by atomic mass is 19.1. The van der Waals surface area contributed by atoms with Crippen LogP contribution in [0.2, 0.25) is 0 Å². The van der Waals surface area contributed by atoms with Gasteiger partial charge in [-0.2, -0.15) is 0 Å². The van der Waals surface area contributed by atoms with Gasteiger partial charge in [-0.05, 0) is 70.1 Å². The molecule has 0 heterocycles. The van der Waals surface area contributed by atoms with E-state index in [4.69, 9.17) is 4.74 Å². The highest BCUT2D eigenvalue weighted by Gasteiger charge is 2.30. The Balaban J connectivity index is 2.07. The number of carbonyl (C=O) groups excluding carboxylic acids is 1. The van der Waals surface area contributed by atoms with Crippen molar-refractivity contribution in [1.82, 2.24) is 4.90 Å². The van der Waals surface area contributed by atoms with Crippen molar-refractivity contribution in [2.45, 2.75) is 46.5 Å². The predicted octanol–water partition coefficient (Wildman–Crippen LogP) is 5.72. The van der Waals surface area contributed by atoms with Crippen LogP contribution >= 0.6 is 0 Å². The van der Waals surface area contributed by atoms with E-state index in [1.54, 1.807) is 30.3 Å². The SMILES string of the molecule is CCCCCc1ccc(-c2ccc(OC(=O)C(C)(C)CN(C)C)cc2)c(F)c1. The second-order valence-electron chi connectivity index (χ2n) is 8.31. The number of rotatable bonds is 9. The van der Waals surface area contributed by atoms with Gasteiger partial charge in [0.2, 0.25) is 0 Å². The minimum Gasteiger partial charge on any atom is -0.426 e. The normalized spacial score (nSPS) is 11.7. The summed E-state index contributed by atoms with van der Waals surface area (Å²) in [4.78, 5) is 14.4. The van der Waals surface area contributed by atoms with Crippen LogP contribution in [-0.4, -0.2) is 31.5 Å². The number of ether oxygens (including phenoxy) is 1. The predicted molar refractivity (Wildman–Crippen MR) is 113 cm³/mol. The maximum Gasteiger partial charge on any atom is 0.318 e. The van der Waals surface area contributed by atoms with Crippen molar-refractivity contribution in [2.75, 3.05) is 20.6 Å². The Hall–Kier alpha value is -2.20. The van der Waals surface area contributed by atoms with Crippen molar-refractivity contribution >= 4 is 5.97 Å². The van der Waals surface area contributed by atoms with E-state index >= 15 is 0 Å². The van der Waals surface area contributed by atoms with Crippen LogP contribution < -0.4 is 4.74 Å². The fourth-order valence-electron chi connectivity index (χ4n) is 3.33. The van der Waals surface area contributed by atoms with Crippen molar-refractivity contribution in [2.24, 2.45) is 5.41 Å². The number of benzene rings is 2. The largest absolute Gasteiger partial charge is 0.426 e. The molecule has 28 heavy (non-hydrogen) atoms. The van der Waals surface area contributed by atoms with Gasteiger partial charge in [-0.15, -0.1) is 0 Å². The Kier molecular flexibility index (Phi) is 7.76. The van der Waals surface area contributed by atoms with E-state index in [9.17, 15) is 9.18 Å². The second kappa shape index (κ2) is 9.83. The summed E-state index contributed by atoms with van der Waals surface area (Å²) in [6.45, 7) is 6.48. The third-order valence-corrected chi connectivity index (χ3v) is 4.74. The molecular weight excluding hydrogens is 353 g/mol. The zero-order valence-corrected chi connectivity index (χ0v) is 17.7. The quantitative estimate of drug-likeness (QED) is 0.314. The van der Waals surface area contributed by atoms with Gasteiger partial charge < -0.3 is 9.64 Å². The molecule has 3 nitrogen and oxygen atoms in total. The molecule has 0 unspecified atom stereocenters. The van der Waals surface area contributed by atoms with Crippen molar-refractivity contribution in [1.29, 1.82) is 0 Å². The maximum atomic E-state index is 14.5. The van der Waals surface area contributed by atoms with Gasteiger partial charge >= 0.3 is 5.97 Å². The average molecular weight is 386 g/mol. The molecular formula is C24H32FNO2. The molecule has 0 spiro atoms. The summed E-state index contributed by atoms with van der Waals surface area (Å²) >= 11 is 0. The smallest absolute Gasteiger partial charge is 0.318 e. The van der Waals surface area contributed by atoms with Crippen LogP contribution in [0.25, 0.3) is 11.1 Å². The number of halogens is 1. The lowest BCUT2D eigenvalue weighted by Crippen LogP contribution is -2.38. The molecule has 152 valence electrons. The first-order chi connectivity index (χ1) is 13.2. The minimum atomic E-state index is -0.609. The topological polar surface area (TPSA) is 29.5 Å². The van der Waals surface area contributed by atoms with Gasteiger partial charge in [0.15, 0.2) is 0 Å². The standard InChI is InChI=1S/C24H32FNO2/c1-6-7-8-9-18-10-15-21(22(25)16-18)19-11-13-20(14-12-19)28-23(27)24(2,3)17-26(4)5/h10-16H,6-9,17H2,1-5H3. The molecule has 0 bridgehead atoms. The fraction of sp³-hybridized carbons (Fsp3) is 0.458. The third-order valence-electron chi connectivity index (χ3n) is 4.74. The second-order valence-corrected chi connectivity index (χ2v) is 8.31. The molecule has 0 saturated heterocycles. The number of esters is 1. The first-order valence-electron chi connectivity index (χ1n) is 9.99. The Morgan fingerprint density at radius 3 is 2.32 bits per heavy atom. The molecule has 0 N–H and O–H groups in total. The molecule has 2 aromatic carbocycles. The summed E-state index contributed by atoms with van der Waals surface area (Å²) in [5.74, 6) is -0.0282. The summed E-state index contributed by atoms with van der Waals surface area (Å²) in [5, 5.41) is 0. The van der Waals surface area contributed by atoms with Crippen molar-refractivity contribution in [3.8, 4) is 16.9 Å². The molecule has 0 aliphatic rings. The van der Waals surface area contributed by atoms with E-state index in [0.717, 1.165) is 36.8 Å². The van der Waals surface area contributed by atoms with Crippen molar-refractivity contribution in [3.63, 3.8) is 0 Å². The number of unbranched alkanes of at least 4 members (excludes halogenated alkanes) is 2. The molecule has 0 aromatic heterocycles. The van der Waals surface area contributed by atoms with E-state index in [1.807, 2.05) is 45.0 Å². The molecule has 0 amide bonds. The zero-order chi connectivity index (χ0) is 20.7. The van der Waals surface area contributed by atoms with Crippen LogP contribution in [0.15, 0.2) is 42.5 Å². The lowest BCUT2D eigenvalue weighted by Gasteiger charge is -2.25. The lowest BCUT2D eigenvalue weighted by molar-refractivity contribution is -0.144. The summed E-state index contributed by atoms with van der Waals surface area (Å²) in [5.41, 5.74) is 1.75. The van der Waals surface area contributed by atoms with Crippen LogP contribution in [0.5, 0.6) is 5.75 Å². The molecule has 0 aliphatic carbocycles. The van der Waals surface area contributed by atoms with Gasteiger partial charge in [-0.3, -0.25) is 4.79 Å². The minimum absolute atomic E-state index is 0.217. The first kappa shape index (κ1) is 22.1. The van der Waals surface area contributed by atoms with Gasteiger partial charge in [0.05, 0.1) is 5.41 Å². The number of aryl methyl sites for hydroxylation is 1. The Morgan fingerprint density at radius 2 is 1.75 bits per heavy atom. The van der Waals surface area contributed by atoms with Crippen LogP contribution in [-0.2, 0) is 11.2 Å². The molecule has 0 radical (unpaired) electrons. The summed E-state index contributed by atoms with van der Waals surface area (Å²) < 4.78 is 20.1. The molecule has 0 fully saturated rings. The molecule has 0 saturated carbocycles. The first-order valence-corrected chi connectivity index (χ1v) is 9.99. The van der Waals surface area contributed by atoms with Gasteiger partial charge in [0.25, 0.3) is 0 Å². The molecule has 2 aromatic rings. The van der Waals surface area contributed by atoms with E-state index < -0.39 is 5.41 Å². The van der Waals surface area contributed by atoms with E-state index in [1.165, 1.54) is 0 Å². The van der Waals surface area contributed by atoms with Crippen LogP contribution in [0, 0.1) is 11.2 Å². The van der Waals surface area contributed by atoms with Crippen LogP contribution in [0.1, 0.15) is 45.6 Å². The number of nitrogens with zero attached hydrogens (tertiary/aromatic N) is 1. The summed E-state index contributed by atoms with van der Waals surface area (Å²) in [6, 6.07) is 12.5. The summed E-state index contributed by atoms with van der Waals surface area (Å²) in [7, 11) is 3.85. The molecule has 0 aliphatic heterocycles. The summed E-state index contributed by atoms with van der Waals surface area (Å²) in [6.07, 6.45) is 4.31. The number of carbonyl (C=O) groups is 1. The van der Waals surface area contributed by atoms with E-state index in [-0.39, 0.29) is 11.8 Å². The van der Waals surface area contributed by atoms with Crippen molar-refractivity contribution in [3.05, 3.63) is 53.8 Å². The van der Waals surface area contributed by atoms with Gasteiger partial charge in [0, 0.05) is 12.1 Å². The monoisotopic (exact) mass is 385 g/mol. The zero-order valence-electron chi connectivity index (χ0n) is 17.7. The van der Waals surface area contributed by atoms with Gasteiger partial charge in [0.1, 0.15) is 11.6 Å². The highest BCUT2D eigenvalue weighted by Crippen LogP contribution is 2.27. The fourth-order valence-corrected chi connectivity index (χ4v) is 3.33. The Bertz CT molecular complexity index is 782. The molecule has 0 atom stereocenters. The van der Waals surface area contributed by atoms with E-state index in [0.29, 0.717) is 17.9 Å². The Morgan fingerprint density at radius 1 is 1.07 bits per heavy atom. The molecule has 4 heteroatoms. The average Bonchev–Trinajstić information content (AvgIpc) is 2.62. The highest BCUT2D eigenvalue weighted by molar-refractivity contribution is 5.79. The van der Waals surface area contributed by atoms with Crippen LogP contribution in [0.3, 0.4) is 0 Å².